The largest absolute Gasteiger partial charge is 0.489 e. The standard InChI is InChI=1S/C28H23ClO4S/c1-18-7-12-27(34(30,31)32)22(13-18)15-25-16-23-14-21(19-5-3-2-4-6-19)17-26(28(23)33-25)20-8-10-24(29)11-9-20/h2-14,17,25H,15-16H2,1H3,(H,30,31,32). The van der Waals surface area contributed by atoms with Gasteiger partial charge in [-0.1, -0.05) is 71.8 Å². The Hall–Kier alpha value is -3.12. The molecule has 4 nitrogen and oxygen atoms in total. The van der Waals surface area contributed by atoms with E-state index in [2.05, 4.69) is 24.3 Å². The first-order chi connectivity index (χ1) is 16.3. The fraction of sp³-hybridized carbons (Fsp3) is 0.143. The molecular formula is C28H23ClO4S. The van der Waals surface area contributed by atoms with Crippen LogP contribution in [0.5, 0.6) is 5.75 Å². The highest BCUT2D eigenvalue weighted by Gasteiger charge is 2.29. The monoisotopic (exact) mass is 490 g/mol. The maximum Gasteiger partial charge on any atom is 0.294 e. The lowest BCUT2D eigenvalue weighted by molar-refractivity contribution is 0.233. The van der Waals surface area contributed by atoms with E-state index < -0.39 is 10.1 Å². The van der Waals surface area contributed by atoms with E-state index >= 15 is 0 Å². The normalized spacial score (nSPS) is 15.1. The van der Waals surface area contributed by atoms with E-state index in [-0.39, 0.29) is 11.0 Å². The van der Waals surface area contributed by atoms with Gasteiger partial charge < -0.3 is 4.74 Å². The molecule has 5 rings (SSSR count). The predicted octanol–water partition coefficient (Wildman–Crippen LogP) is 6.78. The number of ether oxygens (including phenoxy) is 1. The lowest BCUT2D eigenvalue weighted by Crippen LogP contribution is -2.18. The van der Waals surface area contributed by atoms with Crippen molar-refractivity contribution in [1.82, 2.24) is 0 Å². The first-order valence-corrected chi connectivity index (χ1v) is 12.8. The summed E-state index contributed by atoms with van der Waals surface area (Å²) >= 11 is 6.12. The molecular weight excluding hydrogens is 468 g/mol. The van der Waals surface area contributed by atoms with Gasteiger partial charge >= 0.3 is 0 Å². The summed E-state index contributed by atoms with van der Waals surface area (Å²) in [5, 5.41) is 0.663. The third kappa shape index (κ3) is 4.60. The van der Waals surface area contributed by atoms with Gasteiger partial charge in [0.25, 0.3) is 10.1 Å². The van der Waals surface area contributed by atoms with Crippen LogP contribution in [0, 0.1) is 6.92 Å². The summed E-state index contributed by atoms with van der Waals surface area (Å²) in [4.78, 5) is -0.0689. The van der Waals surface area contributed by atoms with Gasteiger partial charge in [-0.05, 0) is 65.1 Å². The second-order valence-corrected chi connectivity index (χ2v) is 10.4. The van der Waals surface area contributed by atoms with E-state index in [9.17, 15) is 13.0 Å². The topological polar surface area (TPSA) is 63.6 Å². The second-order valence-electron chi connectivity index (χ2n) is 8.62. The summed E-state index contributed by atoms with van der Waals surface area (Å²) in [7, 11) is -4.33. The van der Waals surface area contributed by atoms with Crippen molar-refractivity contribution in [3.63, 3.8) is 0 Å². The Labute approximate surface area is 204 Å². The summed E-state index contributed by atoms with van der Waals surface area (Å²) in [6.07, 6.45) is 0.746. The SMILES string of the molecule is Cc1ccc(S(=O)(=O)O)c(CC2Cc3cc(-c4ccccc4)cc(-c4ccc(Cl)cc4)c3O2)c1. The number of hydrogen-bond acceptors (Lipinski definition) is 3. The predicted molar refractivity (Wildman–Crippen MR) is 135 cm³/mol. The third-order valence-corrected chi connectivity index (χ3v) is 7.31. The highest BCUT2D eigenvalue weighted by atomic mass is 35.5. The smallest absolute Gasteiger partial charge is 0.294 e. The molecule has 0 radical (unpaired) electrons. The fourth-order valence-electron chi connectivity index (χ4n) is 4.55. The van der Waals surface area contributed by atoms with Gasteiger partial charge in [0.1, 0.15) is 11.9 Å². The molecule has 0 fully saturated rings. The van der Waals surface area contributed by atoms with Gasteiger partial charge in [-0.25, -0.2) is 0 Å². The zero-order valence-electron chi connectivity index (χ0n) is 18.5. The Balaban J connectivity index is 1.56. The average molecular weight is 491 g/mol. The first kappa shape index (κ1) is 22.7. The quantitative estimate of drug-likeness (QED) is 0.313. The zero-order valence-corrected chi connectivity index (χ0v) is 20.1. The van der Waals surface area contributed by atoms with E-state index in [4.69, 9.17) is 16.3 Å². The van der Waals surface area contributed by atoms with Crippen molar-refractivity contribution in [2.24, 2.45) is 0 Å². The van der Waals surface area contributed by atoms with Gasteiger partial charge in [-0.2, -0.15) is 8.42 Å². The lowest BCUT2D eigenvalue weighted by Gasteiger charge is -2.15. The Morgan fingerprint density at radius 2 is 1.65 bits per heavy atom. The van der Waals surface area contributed by atoms with Crippen LogP contribution in [0.15, 0.2) is 89.8 Å². The maximum absolute atomic E-state index is 11.9. The third-order valence-electron chi connectivity index (χ3n) is 6.10. The Bertz CT molecular complexity index is 1460. The second kappa shape index (κ2) is 8.91. The van der Waals surface area contributed by atoms with Crippen molar-refractivity contribution in [2.45, 2.75) is 30.8 Å². The van der Waals surface area contributed by atoms with E-state index in [1.807, 2.05) is 49.4 Å². The minimum atomic E-state index is -4.33. The minimum absolute atomic E-state index is 0.0689. The van der Waals surface area contributed by atoms with Crippen molar-refractivity contribution < 1.29 is 17.7 Å². The average Bonchev–Trinajstić information content (AvgIpc) is 3.21. The molecule has 4 aromatic rings. The minimum Gasteiger partial charge on any atom is -0.489 e. The molecule has 4 aromatic carbocycles. The number of hydrogen-bond donors (Lipinski definition) is 1. The molecule has 1 aliphatic heterocycles. The Morgan fingerprint density at radius 1 is 0.912 bits per heavy atom. The molecule has 1 N–H and O–H groups in total. The van der Waals surface area contributed by atoms with Crippen LogP contribution in [0.25, 0.3) is 22.3 Å². The van der Waals surface area contributed by atoms with E-state index in [0.29, 0.717) is 23.4 Å². The van der Waals surface area contributed by atoms with Crippen LogP contribution >= 0.6 is 11.6 Å². The molecule has 0 amide bonds. The maximum atomic E-state index is 11.9. The molecule has 1 aliphatic rings. The summed E-state index contributed by atoms with van der Waals surface area (Å²) in [5.41, 5.74) is 6.70. The van der Waals surface area contributed by atoms with Crippen LogP contribution < -0.4 is 4.74 Å². The van der Waals surface area contributed by atoms with Crippen molar-refractivity contribution >= 4 is 21.7 Å². The van der Waals surface area contributed by atoms with Gasteiger partial charge in [0.2, 0.25) is 0 Å². The van der Waals surface area contributed by atoms with Gasteiger partial charge in [-0.15, -0.1) is 0 Å². The van der Waals surface area contributed by atoms with Crippen molar-refractivity contribution in [1.29, 1.82) is 0 Å². The van der Waals surface area contributed by atoms with Crippen molar-refractivity contribution in [2.75, 3.05) is 0 Å². The first-order valence-electron chi connectivity index (χ1n) is 11.0. The number of halogens is 1. The summed E-state index contributed by atoms with van der Waals surface area (Å²) in [6, 6.07) is 27.0. The summed E-state index contributed by atoms with van der Waals surface area (Å²) in [5.74, 6) is 0.799. The van der Waals surface area contributed by atoms with E-state index in [1.54, 1.807) is 12.1 Å². The Kier molecular flexibility index (Phi) is 5.94. The molecule has 1 unspecified atom stereocenters. The van der Waals surface area contributed by atoms with Crippen LogP contribution in [0.2, 0.25) is 5.02 Å². The highest BCUT2D eigenvalue weighted by molar-refractivity contribution is 7.85. The van der Waals surface area contributed by atoms with E-state index in [0.717, 1.165) is 39.1 Å². The molecule has 6 heteroatoms. The van der Waals surface area contributed by atoms with Crippen molar-refractivity contribution in [3.05, 3.63) is 107 Å². The molecule has 34 heavy (non-hydrogen) atoms. The van der Waals surface area contributed by atoms with Crippen LogP contribution in [0.4, 0.5) is 0 Å². The number of fused-ring (bicyclic) bond motifs is 1. The molecule has 0 saturated heterocycles. The fourth-order valence-corrected chi connectivity index (χ4v) is 5.39. The van der Waals surface area contributed by atoms with E-state index in [1.165, 1.54) is 6.07 Å². The lowest BCUT2D eigenvalue weighted by atomic mass is 9.93. The van der Waals surface area contributed by atoms with Crippen molar-refractivity contribution in [3.8, 4) is 28.0 Å². The van der Waals surface area contributed by atoms with Gasteiger partial charge in [-0.3, -0.25) is 4.55 Å². The van der Waals surface area contributed by atoms with Gasteiger partial charge in [0, 0.05) is 23.4 Å². The van der Waals surface area contributed by atoms with Crippen LogP contribution in [0.3, 0.4) is 0 Å². The molecule has 1 heterocycles. The molecule has 0 aromatic heterocycles. The summed E-state index contributed by atoms with van der Waals surface area (Å²) < 4.78 is 40.0. The summed E-state index contributed by atoms with van der Waals surface area (Å²) in [6.45, 7) is 1.90. The van der Waals surface area contributed by atoms with Crippen LogP contribution in [0.1, 0.15) is 16.7 Å². The molecule has 0 bridgehead atoms. The number of benzene rings is 4. The molecule has 1 atom stereocenters. The van der Waals surface area contributed by atoms with Crippen LogP contribution in [-0.4, -0.2) is 19.1 Å². The molecule has 172 valence electrons. The number of aryl methyl sites for hydroxylation is 1. The molecule has 0 spiro atoms. The Morgan fingerprint density at radius 3 is 2.35 bits per heavy atom. The molecule has 0 aliphatic carbocycles. The van der Waals surface area contributed by atoms with Gasteiger partial charge in [0.05, 0.1) is 4.90 Å². The van der Waals surface area contributed by atoms with Gasteiger partial charge in [0.15, 0.2) is 0 Å². The number of rotatable bonds is 5. The molecule has 0 saturated carbocycles. The highest BCUT2D eigenvalue weighted by Crippen LogP contribution is 2.43. The van der Waals surface area contributed by atoms with Crippen LogP contribution in [-0.2, 0) is 23.0 Å². The zero-order chi connectivity index (χ0) is 23.9.